The largest absolute Gasteiger partial charge is 0.256 e. The average Bonchev–Trinajstić information content (AvgIpc) is 3.39. The van der Waals surface area contributed by atoms with E-state index in [0.717, 1.165) is 32.9 Å². The molecule has 0 aliphatic rings. The first kappa shape index (κ1) is 27.1. The van der Waals surface area contributed by atoms with Crippen molar-refractivity contribution in [2.75, 3.05) is 0 Å². The van der Waals surface area contributed by atoms with Gasteiger partial charge < -0.3 is 0 Å². The molecule has 6 rings (SSSR count). The number of benzene rings is 5. The number of aliphatic imine (C=N–C) groups is 1. The number of hydrogen-bond donors (Lipinski definition) is 0. The van der Waals surface area contributed by atoms with Crippen LogP contribution in [0.15, 0.2) is 108 Å². The van der Waals surface area contributed by atoms with Gasteiger partial charge in [0.05, 0.1) is 15.9 Å². The first-order valence-corrected chi connectivity index (χ1v) is 15.1. The van der Waals surface area contributed by atoms with Gasteiger partial charge in [-0.3, -0.25) is 4.99 Å². The van der Waals surface area contributed by atoms with Crippen LogP contribution < -0.4 is 0 Å². The molecule has 0 spiro atoms. The predicted octanol–water partition coefficient (Wildman–Crippen LogP) is 11.1. The number of rotatable bonds is 4. The van der Waals surface area contributed by atoms with Crippen LogP contribution >= 0.6 is 11.3 Å². The third-order valence-electron chi connectivity index (χ3n) is 7.65. The van der Waals surface area contributed by atoms with E-state index in [-0.39, 0.29) is 10.8 Å². The maximum absolute atomic E-state index is 5.19. The zero-order chi connectivity index (χ0) is 28.8. The lowest BCUT2D eigenvalue weighted by molar-refractivity contribution is 0.568. The molecule has 0 aliphatic carbocycles. The summed E-state index contributed by atoms with van der Waals surface area (Å²) in [6.07, 6.45) is 2.01. The Labute approximate surface area is 247 Å². The molecule has 0 atom stereocenters. The maximum Gasteiger partial charge on any atom is 0.126 e. The molecular weight excluding hydrogens is 516 g/mol. The SMILES string of the molecule is CC(C)(C)c1cc(C=Nc2ccccc2-c2nc3c(-c4ccc5ccccc5c4)cccc3s2)cc(C(C)(C)C)c1. The second kappa shape index (κ2) is 10.4. The number of aromatic nitrogens is 1. The number of fused-ring (bicyclic) bond motifs is 2. The summed E-state index contributed by atoms with van der Waals surface area (Å²) in [7, 11) is 0. The molecule has 0 fully saturated rings. The molecule has 0 aliphatic heterocycles. The van der Waals surface area contributed by atoms with Crippen LogP contribution in [-0.2, 0) is 10.8 Å². The Hall–Kier alpha value is -4.08. The first-order chi connectivity index (χ1) is 19.6. The van der Waals surface area contributed by atoms with Crippen molar-refractivity contribution in [3.63, 3.8) is 0 Å². The zero-order valence-electron chi connectivity index (χ0n) is 24.7. The Kier molecular flexibility index (Phi) is 6.87. The van der Waals surface area contributed by atoms with Gasteiger partial charge in [0.1, 0.15) is 5.01 Å². The molecule has 0 N–H and O–H groups in total. The Balaban J connectivity index is 1.41. The Morgan fingerprint density at radius 2 is 1.29 bits per heavy atom. The topological polar surface area (TPSA) is 25.2 Å². The Morgan fingerprint density at radius 3 is 2.02 bits per heavy atom. The second-order valence-electron chi connectivity index (χ2n) is 12.9. The van der Waals surface area contributed by atoms with Crippen LogP contribution in [0.2, 0.25) is 0 Å². The van der Waals surface area contributed by atoms with Crippen LogP contribution in [0, 0.1) is 0 Å². The molecule has 0 radical (unpaired) electrons. The van der Waals surface area contributed by atoms with Gasteiger partial charge in [0, 0.05) is 17.3 Å². The van der Waals surface area contributed by atoms with E-state index in [4.69, 9.17) is 9.98 Å². The molecule has 1 aromatic heterocycles. The first-order valence-electron chi connectivity index (χ1n) is 14.2. The van der Waals surface area contributed by atoms with Gasteiger partial charge in [0.25, 0.3) is 0 Å². The van der Waals surface area contributed by atoms with Crippen LogP contribution in [-0.4, -0.2) is 11.2 Å². The molecule has 2 nitrogen and oxygen atoms in total. The molecule has 0 amide bonds. The molecule has 0 saturated carbocycles. The molecule has 0 unspecified atom stereocenters. The third kappa shape index (κ3) is 5.60. The minimum Gasteiger partial charge on any atom is -0.256 e. The van der Waals surface area contributed by atoms with Gasteiger partial charge >= 0.3 is 0 Å². The van der Waals surface area contributed by atoms with Crippen molar-refractivity contribution in [1.29, 1.82) is 0 Å². The molecule has 204 valence electrons. The van der Waals surface area contributed by atoms with Crippen molar-refractivity contribution < 1.29 is 0 Å². The quantitative estimate of drug-likeness (QED) is 0.200. The lowest BCUT2D eigenvalue weighted by atomic mass is 9.79. The number of hydrogen-bond acceptors (Lipinski definition) is 3. The highest BCUT2D eigenvalue weighted by atomic mass is 32.1. The maximum atomic E-state index is 5.19. The fourth-order valence-corrected chi connectivity index (χ4v) is 6.18. The highest BCUT2D eigenvalue weighted by Gasteiger charge is 2.20. The Morgan fingerprint density at radius 1 is 0.634 bits per heavy atom. The van der Waals surface area contributed by atoms with E-state index >= 15 is 0 Å². The summed E-state index contributed by atoms with van der Waals surface area (Å²) in [4.78, 5) is 10.2. The van der Waals surface area contributed by atoms with Crippen LogP contribution in [0.5, 0.6) is 0 Å². The molecule has 3 heteroatoms. The van der Waals surface area contributed by atoms with Crippen molar-refractivity contribution in [3.8, 4) is 21.7 Å². The second-order valence-corrected chi connectivity index (χ2v) is 13.9. The fraction of sp³-hybridized carbons (Fsp3) is 0.211. The summed E-state index contributed by atoms with van der Waals surface area (Å²) in [5.41, 5.74) is 9.26. The number of para-hydroxylation sites is 2. The standard InChI is InChI=1S/C38H36N2S/c1-37(2,3)29-20-25(21-30(23-29)38(4,5)6)24-39-33-16-10-9-14-32(33)36-40-35-31(15-11-17-34(35)41-36)28-19-18-26-12-7-8-13-27(26)22-28/h7-24H,1-6H3. The summed E-state index contributed by atoms with van der Waals surface area (Å²) in [6, 6.07) is 36.9. The zero-order valence-corrected chi connectivity index (χ0v) is 25.5. The van der Waals surface area contributed by atoms with Gasteiger partial charge in [0.2, 0.25) is 0 Å². The van der Waals surface area contributed by atoms with Crippen LogP contribution in [0.1, 0.15) is 58.2 Å². The lowest BCUT2D eigenvalue weighted by Crippen LogP contribution is -2.17. The molecule has 0 saturated heterocycles. The van der Waals surface area contributed by atoms with E-state index in [2.05, 4.69) is 145 Å². The summed E-state index contributed by atoms with van der Waals surface area (Å²) < 4.78 is 1.18. The molecular formula is C38H36N2S. The van der Waals surface area contributed by atoms with E-state index in [9.17, 15) is 0 Å². The van der Waals surface area contributed by atoms with Crippen LogP contribution in [0.25, 0.3) is 42.7 Å². The summed E-state index contributed by atoms with van der Waals surface area (Å²) in [6.45, 7) is 13.6. The van der Waals surface area contributed by atoms with Gasteiger partial charge in [-0.05, 0) is 80.3 Å². The lowest BCUT2D eigenvalue weighted by Gasteiger charge is -2.25. The highest BCUT2D eigenvalue weighted by molar-refractivity contribution is 7.21. The molecule has 1 heterocycles. The van der Waals surface area contributed by atoms with Gasteiger partial charge in [-0.2, -0.15) is 0 Å². The van der Waals surface area contributed by atoms with E-state index in [1.165, 1.54) is 32.2 Å². The fourth-order valence-electron chi connectivity index (χ4n) is 5.16. The van der Waals surface area contributed by atoms with Crippen LogP contribution in [0.3, 0.4) is 0 Å². The van der Waals surface area contributed by atoms with Crippen molar-refractivity contribution in [2.24, 2.45) is 4.99 Å². The molecule has 41 heavy (non-hydrogen) atoms. The molecule has 0 bridgehead atoms. The minimum atomic E-state index is 0.0610. The van der Waals surface area contributed by atoms with Crippen LogP contribution in [0.4, 0.5) is 5.69 Å². The average molecular weight is 553 g/mol. The van der Waals surface area contributed by atoms with Crippen molar-refractivity contribution in [1.82, 2.24) is 4.98 Å². The van der Waals surface area contributed by atoms with Gasteiger partial charge in [-0.1, -0.05) is 108 Å². The van der Waals surface area contributed by atoms with Gasteiger partial charge in [0.15, 0.2) is 0 Å². The Bertz CT molecular complexity index is 1880. The number of nitrogens with zero attached hydrogens (tertiary/aromatic N) is 2. The summed E-state index contributed by atoms with van der Waals surface area (Å²) in [5.74, 6) is 0. The molecule has 5 aromatic carbocycles. The van der Waals surface area contributed by atoms with E-state index in [1.807, 2.05) is 6.21 Å². The minimum absolute atomic E-state index is 0.0610. The summed E-state index contributed by atoms with van der Waals surface area (Å²) >= 11 is 1.73. The predicted molar refractivity (Wildman–Crippen MR) is 179 cm³/mol. The van der Waals surface area contributed by atoms with E-state index in [0.29, 0.717) is 0 Å². The van der Waals surface area contributed by atoms with E-state index in [1.54, 1.807) is 11.3 Å². The van der Waals surface area contributed by atoms with Crippen molar-refractivity contribution >= 4 is 44.2 Å². The highest BCUT2D eigenvalue weighted by Crippen LogP contribution is 2.39. The third-order valence-corrected chi connectivity index (χ3v) is 8.71. The normalized spacial score (nSPS) is 12.5. The monoisotopic (exact) mass is 552 g/mol. The number of thiazole rings is 1. The molecule has 6 aromatic rings. The van der Waals surface area contributed by atoms with Crippen molar-refractivity contribution in [2.45, 2.75) is 52.4 Å². The van der Waals surface area contributed by atoms with Crippen molar-refractivity contribution in [3.05, 3.63) is 120 Å². The van der Waals surface area contributed by atoms with Gasteiger partial charge in [-0.15, -0.1) is 11.3 Å². The smallest absolute Gasteiger partial charge is 0.126 e. The van der Waals surface area contributed by atoms with Gasteiger partial charge in [-0.25, -0.2) is 4.98 Å². The summed E-state index contributed by atoms with van der Waals surface area (Å²) in [5, 5.41) is 3.47. The van der Waals surface area contributed by atoms with E-state index < -0.39 is 0 Å².